The molecule has 9 nitrogen and oxygen atoms in total. The number of carbonyl (C=O) groups excluding carboxylic acids is 1. The summed E-state index contributed by atoms with van der Waals surface area (Å²) in [5.74, 6) is 2.33. The van der Waals surface area contributed by atoms with Gasteiger partial charge in [-0.15, -0.1) is 0 Å². The molecule has 1 saturated heterocycles. The third kappa shape index (κ3) is 4.84. The maximum atomic E-state index is 12.4. The standard InChI is InChI=1S/C20H26N4O5/c1-12-21-18(24-29-12)20(2,3)23-19(25)28-16-7-6-15(14-8-9-26-11-14)17(22-16)27-10-13-4-5-13/h6-7,13-14H,4-5,8-11H2,1-3H3,(H,23,25). The van der Waals surface area contributed by atoms with E-state index in [1.807, 2.05) is 6.07 Å². The van der Waals surface area contributed by atoms with Crippen molar-refractivity contribution in [3.05, 3.63) is 29.4 Å². The van der Waals surface area contributed by atoms with Crippen LogP contribution in [0.4, 0.5) is 4.79 Å². The Morgan fingerprint density at radius 3 is 2.76 bits per heavy atom. The largest absolute Gasteiger partial charge is 0.477 e. The monoisotopic (exact) mass is 402 g/mol. The van der Waals surface area contributed by atoms with E-state index in [1.54, 1.807) is 26.8 Å². The van der Waals surface area contributed by atoms with Crippen LogP contribution < -0.4 is 14.8 Å². The second-order valence-corrected chi connectivity index (χ2v) is 8.14. The number of ether oxygens (including phenoxy) is 3. The molecule has 9 heteroatoms. The molecular formula is C20H26N4O5. The Labute approximate surface area is 169 Å². The smallest absolute Gasteiger partial charge is 0.414 e. The van der Waals surface area contributed by atoms with Gasteiger partial charge in [-0.3, -0.25) is 0 Å². The highest BCUT2D eigenvalue weighted by Gasteiger charge is 2.30. The fourth-order valence-corrected chi connectivity index (χ4v) is 3.16. The molecule has 1 N–H and O–H groups in total. The average Bonchev–Trinajstić information content (AvgIpc) is 3.13. The number of pyridine rings is 1. The molecule has 2 aliphatic rings. The molecule has 29 heavy (non-hydrogen) atoms. The van der Waals surface area contributed by atoms with Crippen molar-refractivity contribution in [1.82, 2.24) is 20.4 Å². The minimum absolute atomic E-state index is 0.177. The lowest BCUT2D eigenvalue weighted by Gasteiger charge is -2.21. The number of rotatable bonds is 7. The second kappa shape index (κ2) is 7.98. The normalized spacial score (nSPS) is 19.2. The molecule has 0 bridgehead atoms. The van der Waals surface area contributed by atoms with E-state index in [0.717, 1.165) is 18.6 Å². The van der Waals surface area contributed by atoms with Gasteiger partial charge in [-0.05, 0) is 45.1 Å². The Kier molecular flexibility index (Phi) is 5.40. The van der Waals surface area contributed by atoms with Crippen molar-refractivity contribution in [3.63, 3.8) is 0 Å². The number of aryl methyl sites for hydroxylation is 1. The van der Waals surface area contributed by atoms with Crippen molar-refractivity contribution < 1.29 is 23.5 Å². The van der Waals surface area contributed by atoms with Crippen LogP contribution in [0.25, 0.3) is 0 Å². The zero-order chi connectivity index (χ0) is 20.4. The summed E-state index contributed by atoms with van der Waals surface area (Å²) in [6, 6.07) is 3.59. The van der Waals surface area contributed by atoms with Crippen molar-refractivity contribution in [3.8, 4) is 11.8 Å². The van der Waals surface area contributed by atoms with Crippen molar-refractivity contribution in [2.45, 2.75) is 51.5 Å². The molecular weight excluding hydrogens is 376 g/mol. The summed E-state index contributed by atoms with van der Waals surface area (Å²) in [5.41, 5.74) is 0.139. The van der Waals surface area contributed by atoms with E-state index in [9.17, 15) is 4.79 Å². The van der Waals surface area contributed by atoms with Gasteiger partial charge in [0.05, 0.1) is 13.2 Å². The Morgan fingerprint density at radius 1 is 1.28 bits per heavy atom. The SMILES string of the molecule is Cc1nc(C(C)(C)NC(=O)Oc2ccc(C3CCOC3)c(OCC3CC3)n2)no1. The van der Waals surface area contributed by atoms with Crippen molar-refractivity contribution in [1.29, 1.82) is 0 Å². The van der Waals surface area contributed by atoms with E-state index in [1.165, 1.54) is 12.8 Å². The lowest BCUT2D eigenvalue weighted by atomic mass is 10.00. The van der Waals surface area contributed by atoms with Crippen LogP contribution >= 0.6 is 0 Å². The highest BCUT2D eigenvalue weighted by Crippen LogP contribution is 2.35. The van der Waals surface area contributed by atoms with Gasteiger partial charge in [-0.1, -0.05) is 5.16 Å². The summed E-state index contributed by atoms with van der Waals surface area (Å²) in [6.07, 6.45) is 2.64. The zero-order valence-corrected chi connectivity index (χ0v) is 16.9. The molecule has 1 unspecified atom stereocenters. The minimum atomic E-state index is -0.860. The minimum Gasteiger partial charge on any atom is -0.477 e. The third-order valence-electron chi connectivity index (χ3n) is 5.08. The molecule has 1 aliphatic heterocycles. The van der Waals surface area contributed by atoms with Crippen LogP contribution in [0.2, 0.25) is 0 Å². The highest BCUT2D eigenvalue weighted by molar-refractivity contribution is 5.71. The first-order valence-electron chi connectivity index (χ1n) is 9.93. The lowest BCUT2D eigenvalue weighted by Crippen LogP contribution is -2.43. The first-order chi connectivity index (χ1) is 13.9. The molecule has 3 heterocycles. The molecule has 0 radical (unpaired) electrons. The summed E-state index contributed by atoms with van der Waals surface area (Å²) in [4.78, 5) is 21.0. The van der Waals surface area contributed by atoms with Crippen LogP contribution in [0.1, 0.15) is 56.3 Å². The van der Waals surface area contributed by atoms with Crippen LogP contribution in [0.15, 0.2) is 16.7 Å². The number of amides is 1. The summed E-state index contributed by atoms with van der Waals surface area (Å²) in [5, 5.41) is 6.60. The fourth-order valence-electron chi connectivity index (χ4n) is 3.16. The first-order valence-corrected chi connectivity index (χ1v) is 9.93. The van der Waals surface area contributed by atoms with E-state index in [2.05, 4.69) is 20.4 Å². The van der Waals surface area contributed by atoms with Crippen LogP contribution in [0.3, 0.4) is 0 Å². The zero-order valence-electron chi connectivity index (χ0n) is 16.9. The maximum absolute atomic E-state index is 12.4. The number of nitrogens with zero attached hydrogens (tertiary/aromatic N) is 3. The van der Waals surface area contributed by atoms with Gasteiger partial charge in [0, 0.05) is 31.1 Å². The Balaban J connectivity index is 1.45. The molecule has 1 saturated carbocycles. The van der Waals surface area contributed by atoms with Gasteiger partial charge in [0.15, 0.2) is 5.82 Å². The van der Waals surface area contributed by atoms with Gasteiger partial charge in [0.1, 0.15) is 5.54 Å². The van der Waals surface area contributed by atoms with Crippen LogP contribution in [0.5, 0.6) is 11.8 Å². The third-order valence-corrected chi connectivity index (χ3v) is 5.08. The van der Waals surface area contributed by atoms with E-state index in [-0.39, 0.29) is 11.8 Å². The summed E-state index contributed by atoms with van der Waals surface area (Å²) < 4.78 is 21.8. The summed E-state index contributed by atoms with van der Waals surface area (Å²) in [7, 11) is 0. The van der Waals surface area contributed by atoms with Gasteiger partial charge in [-0.25, -0.2) is 4.79 Å². The topological polar surface area (TPSA) is 109 Å². The van der Waals surface area contributed by atoms with E-state index in [4.69, 9.17) is 18.7 Å². The summed E-state index contributed by atoms with van der Waals surface area (Å²) >= 11 is 0. The number of nitrogens with one attached hydrogen (secondary N) is 1. The van der Waals surface area contributed by atoms with Crippen molar-refractivity contribution >= 4 is 6.09 Å². The van der Waals surface area contributed by atoms with Gasteiger partial charge in [0.2, 0.25) is 17.7 Å². The molecule has 0 aromatic carbocycles. The number of carbonyl (C=O) groups is 1. The van der Waals surface area contributed by atoms with E-state index < -0.39 is 11.6 Å². The molecule has 4 rings (SSSR count). The highest BCUT2D eigenvalue weighted by atomic mass is 16.6. The maximum Gasteiger partial charge on any atom is 0.414 e. The molecule has 1 aliphatic carbocycles. The molecule has 0 spiro atoms. The van der Waals surface area contributed by atoms with Gasteiger partial charge >= 0.3 is 6.09 Å². The van der Waals surface area contributed by atoms with Gasteiger partial charge in [0.25, 0.3) is 0 Å². The predicted molar refractivity (Wildman–Crippen MR) is 102 cm³/mol. The average molecular weight is 402 g/mol. The first kappa shape index (κ1) is 19.6. The molecule has 2 aromatic heterocycles. The number of aromatic nitrogens is 3. The molecule has 156 valence electrons. The number of hydrogen-bond donors (Lipinski definition) is 1. The Bertz CT molecular complexity index is 872. The Morgan fingerprint density at radius 2 is 2.10 bits per heavy atom. The van der Waals surface area contributed by atoms with Gasteiger partial charge in [-0.2, -0.15) is 9.97 Å². The van der Waals surface area contributed by atoms with E-state index in [0.29, 0.717) is 36.7 Å². The summed E-state index contributed by atoms with van der Waals surface area (Å²) in [6.45, 7) is 7.24. The van der Waals surface area contributed by atoms with Crippen LogP contribution in [0, 0.1) is 12.8 Å². The molecule has 2 aromatic rings. The van der Waals surface area contributed by atoms with Gasteiger partial charge < -0.3 is 24.1 Å². The van der Waals surface area contributed by atoms with Crippen LogP contribution in [-0.4, -0.2) is 41.0 Å². The van der Waals surface area contributed by atoms with Crippen LogP contribution in [-0.2, 0) is 10.3 Å². The molecule has 2 fully saturated rings. The quantitative estimate of drug-likeness (QED) is 0.753. The molecule has 1 atom stereocenters. The predicted octanol–water partition coefficient (Wildman–Crippen LogP) is 3.09. The lowest BCUT2D eigenvalue weighted by molar-refractivity contribution is 0.183. The Hall–Kier alpha value is -2.68. The number of hydrogen-bond acceptors (Lipinski definition) is 8. The van der Waals surface area contributed by atoms with Crippen molar-refractivity contribution in [2.75, 3.05) is 19.8 Å². The molecule has 1 amide bonds. The van der Waals surface area contributed by atoms with E-state index >= 15 is 0 Å². The van der Waals surface area contributed by atoms with Crippen molar-refractivity contribution in [2.24, 2.45) is 5.92 Å². The second-order valence-electron chi connectivity index (χ2n) is 8.14. The fraction of sp³-hybridized carbons (Fsp3) is 0.600.